The van der Waals surface area contributed by atoms with Crippen LogP contribution in [0.25, 0.3) is 0 Å². The lowest BCUT2D eigenvalue weighted by atomic mass is 10.0. The number of nitrogens with two attached hydrogens (primary N) is 1. The van der Waals surface area contributed by atoms with E-state index in [9.17, 15) is 19.0 Å². The summed E-state index contributed by atoms with van der Waals surface area (Å²) in [4.78, 5) is 33.5. The predicted molar refractivity (Wildman–Crippen MR) is 217 cm³/mol. The van der Waals surface area contributed by atoms with Crippen LogP contribution in [0.15, 0.2) is 24.3 Å². The first-order chi connectivity index (χ1) is 25.7. The number of allylic oxidation sites excluding steroid dienone is 4. The summed E-state index contributed by atoms with van der Waals surface area (Å²) in [7, 11) is -4.61. The van der Waals surface area contributed by atoms with Crippen molar-refractivity contribution >= 4 is 19.8 Å². The van der Waals surface area contributed by atoms with Crippen molar-refractivity contribution in [3.05, 3.63) is 24.3 Å². The summed E-state index contributed by atoms with van der Waals surface area (Å²) >= 11 is 0. The molecule has 10 nitrogen and oxygen atoms in total. The van der Waals surface area contributed by atoms with Crippen LogP contribution < -0.4 is 5.73 Å². The Bertz CT molecular complexity index is 946. The Balaban J connectivity index is 4.24. The maximum absolute atomic E-state index is 12.6. The van der Waals surface area contributed by atoms with Crippen LogP contribution in [-0.2, 0) is 32.7 Å². The van der Waals surface area contributed by atoms with E-state index in [2.05, 4.69) is 38.2 Å². The van der Waals surface area contributed by atoms with Crippen LogP contribution in [-0.4, -0.2) is 60.5 Å². The Morgan fingerprint density at radius 1 is 0.604 bits per heavy atom. The molecule has 0 aromatic carbocycles. The molecule has 0 aliphatic carbocycles. The summed E-state index contributed by atoms with van der Waals surface area (Å²) < 4.78 is 33.3. The number of esters is 1. The Morgan fingerprint density at radius 2 is 1.04 bits per heavy atom. The molecule has 312 valence electrons. The van der Waals surface area contributed by atoms with Crippen LogP contribution in [0.5, 0.6) is 0 Å². The monoisotopic (exact) mass is 774 g/mol. The number of carboxylic acid groups (broad SMARTS) is 1. The van der Waals surface area contributed by atoms with Gasteiger partial charge in [-0.05, 0) is 44.9 Å². The number of aliphatic carboxylic acids is 1. The zero-order valence-corrected chi connectivity index (χ0v) is 34.8. The normalized spacial score (nSPS) is 14.2. The standard InChI is InChI=1S/C42H80NO9P/c1-3-5-7-9-11-13-15-17-19-20-21-22-24-26-28-30-32-34-41(44)52-39(37-50-53(47,48)51-38-40(43)42(45)46)36-49-35-33-31-29-27-25-23-18-16-14-12-10-8-6-4-2/h11,13,17,19,39-40H,3-10,12,14-16,18,20-38,43H2,1-2H3,(H,45,46)(H,47,48)/b13-11-,19-17-. The van der Waals surface area contributed by atoms with E-state index in [-0.39, 0.29) is 13.0 Å². The lowest BCUT2D eigenvalue weighted by Gasteiger charge is -2.20. The zero-order valence-electron chi connectivity index (χ0n) is 33.9. The molecule has 0 saturated carbocycles. The largest absolute Gasteiger partial charge is 0.480 e. The van der Waals surface area contributed by atoms with Crippen molar-refractivity contribution in [1.82, 2.24) is 0 Å². The van der Waals surface area contributed by atoms with Gasteiger partial charge >= 0.3 is 19.8 Å². The second-order valence-corrected chi connectivity index (χ2v) is 15.9. The second kappa shape index (κ2) is 38.7. The number of hydrogen-bond donors (Lipinski definition) is 3. The molecule has 0 radical (unpaired) electrons. The predicted octanol–water partition coefficient (Wildman–Crippen LogP) is 11.5. The minimum absolute atomic E-state index is 0.0176. The highest BCUT2D eigenvalue weighted by atomic mass is 31.2. The third kappa shape index (κ3) is 38.5. The van der Waals surface area contributed by atoms with Gasteiger partial charge in [0.15, 0.2) is 0 Å². The van der Waals surface area contributed by atoms with Gasteiger partial charge in [-0.3, -0.25) is 18.6 Å². The number of unbranched alkanes of at least 4 members (excludes halogenated alkanes) is 23. The van der Waals surface area contributed by atoms with Crippen LogP contribution in [0, 0.1) is 0 Å². The summed E-state index contributed by atoms with van der Waals surface area (Å²) in [6.07, 6.45) is 40.8. The molecule has 4 N–H and O–H groups in total. The van der Waals surface area contributed by atoms with E-state index in [0.29, 0.717) is 13.0 Å². The van der Waals surface area contributed by atoms with Gasteiger partial charge in [0, 0.05) is 13.0 Å². The molecule has 53 heavy (non-hydrogen) atoms. The van der Waals surface area contributed by atoms with Gasteiger partial charge in [0.05, 0.1) is 19.8 Å². The average Bonchev–Trinajstić information content (AvgIpc) is 3.13. The molecule has 0 aromatic heterocycles. The van der Waals surface area contributed by atoms with Crippen molar-refractivity contribution in [1.29, 1.82) is 0 Å². The van der Waals surface area contributed by atoms with Crippen molar-refractivity contribution in [3.8, 4) is 0 Å². The van der Waals surface area contributed by atoms with Crippen LogP contribution in [0.1, 0.15) is 194 Å². The van der Waals surface area contributed by atoms with Gasteiger partial charge in [0.1, 0.15) is 12.1 Å². The number of phosphoric ester groups is 1. The fourth-order valence-corrected chi connectivity index (χ4v) is 6.65. The summed E-state index contributed by atoms with van der Waals surface area (Å²) in [6, 6.07) is -1.47. The third-order valence-electron chi connectivity index (χ3n) is 9.23. The van der Waals surface area contributed by atoms with Crippen LogP contribution in [0.3, 0.4) is 0 Å². The van der Waals surface area contributed by atoms with Gasteiger partial charge in [-0.2, -0.15) is 0 Å². The number of ether oxygens (including phenoxy) is 2. The van der Waals surface area contributed by atoms with Gasteiger partial charge < -0.3 is 25.2 Å². The molecule has 0 spiro atoms. The molecule has 3 atom stereocenters. The van der Waals surface area contributed by atoms with Gasteiger partial charge in [-0.15, -0.1) is 0 Å². The Kier molecular flexibility index (Phi) is 37.6. The van der Waals surface area contributed by atoms with Gasteiger partial charge in [-0.25, -0.2) is 4.57 Å². The number of carbonyl (C=O) groups is 2. The highest BCUT2D eigenvalue weighted by Gasteiger charge is 2.27. The Labute approximate surface area is 324 Å². The number of rotatable bonds is 41. The number of carboxylic acids is 1. The lowest BCUT2D eigenvalue weighted by Crippen LogP contribution is -2.34. The maximum atomic E-state index is 12.6. The molecule has 11 heteroatoms. The molecule has 3 unspecified atom stereocenters. The molecule has 0 aromatic rings. The van der Waals surface area contributed by atoms with Crippen molar-refractivity contribution in [3.63, 3.8) is 0 Å². The molecule has 0 fully saturated rings. The first-order valence-electron chi connectivity index (χ1n) is 21.4. The maximum Gasteiger partial charge on any atom is 0.472 e. The summed E-state index contributed by atoms with van der Waals surface area (Å²) in [5, 5.41) is 8.89. The number of phosphoric acid groups is 1. The Morgan fingerprint density at radius 3 is 1.57 bits per heavy atom. The van der Waals surface area contributed by atoms with Crippen LogP contribution in [0.4, 0.5) is 0 Å². The summed E-state index contributed by atoms with van der Waals surface area (Å²) in [5.74, 6) is -1.78. The lowest BCUT2D eigenvalue weighted by molar-refractivity contribution is -0.154. The Hall–Kier alpha value is -1.55. The van der Waals surface area contributed by atoms with Gasteiger partial charge in [0.2, 0.25) is 0 Å². The van der Waals surface area contributed by atoms with E-state index in [4.69, 9.17) is 29.4 Å². The number of hydrogen-bond acceptors (Lipinski definition) is 8. The van der Waals surface area contributed by atoms with E-state index in [0.717, 1.165) is 51.4 Å². The van der Waals surface area contributed by atoms with E-state index in [1.165, 1.54) is 116 Å². The quantitative estimate of drug-likeness (QED) is 0.0237. The second-order valence-electron chi connectivity index (χ2n) is 14.5. The molecular formula is C42H80NO9P. The number of carbonyl (C=O) groups excluding carboxylic acids is 1. The molecule has 0 aliphatic heterocycles. The molecule has 0 heterocycles. The first kappa shape index (κ1) is 51.5. The third-order valence-corrected chi connectivity index (χ3v) is 10.2. The van der Waals surface area contributed by atoms with E-state index in [1.54, 1.807) is 0 Å². The van der Waals surface area contributed by atoms with Crippen LogP contribution >= 0.6 is 7.82 Å². The van der Waals surface area contributed by atoms with Gasteiger partial charge in [0.25, 0.3) is 0 Å². The SMILES string of the molecule is CCCCC/C=C\C/C=C\CCCCCCCCCC(=O)OC(COCCCCCCCCCCCCCCCC)COP(=O)(O)OCC(N)C(=O)O. The van der Waals surface area contributed by atoms with Crippen LogP contribution in [0.2, 0.25) is 0 Å². The van der Waals surface area contributed by atoms with Gasteiger partial charge in [-0.1, -0.05) is 167 Å². The minimum Gasteiger partial charge on any atom is -0.480 e. The topological polar surface area (TPSA) is 155 Å². The van der Waals surface area contributed by atoms with Crippen molar-refractivity contribution < 1.29 is 42.7 Å². The minimum atomic E-state index is -4.61. The average molecular weight is 774 g/mol. The fourth-order valence-electron chi connectivity index (χ4n) is 5.87. The molecule has 0 saturated heterocycles. The van der Waals surface area contributed by atoms with Crippen molar-refractivity contribution in [2.75, 3.05) is 26.4 Å². The van der Waals surface area contributed by atoms with Crippen molar-refractivity contribution in [2.24, 2.45) is 5.73 Å². The zero-order chi connectivity index (χ0) is 39.1. The summed E-state index contributed by atoms with van der Waals surface area (Å²) in [5.41, 5.74) is 5.35. The van der Waals surface area contributed by atoms with Crippen molar-refractivity contribution in [2.45, 2.75) is 206 Å². The fraction of sp³-hybridized carbons (Fsp3) is 0.857. The molecular weight excluding hydrogens is 693 g/mol. The highest BCUT2D eigenvalue weighted by Crippen LogP contribution is 2.43. The summed E-state index contributed by atoms with van der Waals surface area (Å²) in [6.45, 7) is 3.86. The smallest absolute Gasteiger partial charge is 0.472 e. The molecule has 0 amide bonds. The highest BCUT2D eigenvalue weighted by molar-refractivity contribution is 7.47. The molecule has 0 rings (SSSR count). The molecule has 0 bridgehead atoms. The van der Waals surface area contributed by atoms with E-state index >= 15 is 0 Å². The van der Waals surface area contributed by atoms with E-state index in [1.807, 2.05) is 0 Å². The first-order valence-corrected chi connectivity index (χ1v) is 22.9. The molecule has 0 aliphatic rings. The van der Waals surface area contributed by atoms with E-state index < -0.39 is 45.1 Å².